The number of nitrogens with zero attached hydrogens (tertiary/aromatic N) is 2. The van der Waals surface area contributed by atoms with Crippen molar-refractivity contribution in [3.05, 3.63) is 30.1 Å². The molecule has 4 heteroatoms. The molecule has 0 radical (unpaired) electrons. The summed E-state index contributed by atoms with van der Waals surface area (Å²) in [5.41, 5.74) is 1.24. The van der Waals surface area contributed by atoms with Crippen LogP contribution in [0.4, 0.5) is 0 Å². The Labute approximate surface area is 108 Å². The van der Waals surface area contributed by atoms with Crippen LogP contribution >= 0.6 is 0 Å². The number of pyridine rings is 1. The molecule has 1 aromatic heterocycles. The van der Waals surface area contributed by atoms with Gasteiger partial charge in [-0.05, 0) is 44.4 Å². The average Bonchev–Trinajstić information content (AvgIpc) is 2.38. The van der Waals surface area contributed by atoms with Crippen molar-refractivity contribution in [1.29, 1.82) is 0 Å². The molecule has 1 aliphatic rings. The first-order valence-corrected chi connectivity index (χ1v) is 6.52. The summed E-state index contributed by atoms with van der Waals surface area (Å²) < 4.78 is 0. The van der Waals surface area contributed by atoms with Crippen LogP contribution in [0.15, 0.2) is 24.5 Å². The number of carboxylic acids is 1. The monoisotopic (exact) mass is 248 g/mol. The number of piperidine rings is 1. The highest BCUT2D eigenvalue weighted by Crippen LogP contribution is 2.23. The van der Waals surface area contributed by atoms with Gasteiger partial charge < -0.3 is 10.0 Å². The molecule has 1 aliphatic heterocycles. The van der Waals surface area contributed by atoms with Crippen LogP contribution < -0.4 is 0 Å². The third-order valence-corrected chi connectivity index (χ3v) is 3.77. The first kappa shape index (κ1) is 13.0. The number of carboxylic acid groups (broad SMARTS) is 1. The van der Waals surface area contributed by atoms with Crippen molar-refractivity contribution in [2.24, 2.45) is 5.92 Å². The lowest BCUT2D eigenvalue weighted by Crippen LogP contribution is -2.43. The molecule has 1 aromatic rings. The topological polar surface area (TPSA) is 53.4 Å². The normalized spacial score (nSPS) is 24.9. The quantitative estimate of drug-likeness (QED) is 0.883. The average molecular weight is 248 g/mol. The minimum Gasteiger partial charge on any atom is -0.481 e. The molecule has 18 heavy (non-hydrogen) atoms. The number of likely N-dealkylation sites (tertiary alicyclic amines) is 1. The van der Waals surface area contributed by atoms with E-state index in [-0.39, 0.29) is 5.92 Å². The molecule has 0 aromatic carbocycles. The van der Waals surface area contributed by atoms with E-state index in [4.69, 9.17) is 5.11 Å². The van der Waals surface area contributed by atoms with Gasteiger partial charge in [0, 0.05) is 25.0 Å². The van der Waals surface area contributed by atoms with E-state index in [9.17, 15) is 4.79 Å². The molecule has 0 spiro atoms. The van der Waals surface area contributed by atoms with Crippen LogP contribution in [0, 0.1) is 5.92 Å². The Balaban J connectivity index is 1.83. The van der Waals surface area contributed by atoms with Gasteiger partial charge in [-0.25, -0.2) is 0 Å². The highest BCUT2D eigenvalue weighted by Gasteiger charge is 2.29. The van der Waals surface area contributed by atoms with Crippen LogP contribution in [0.5, 0.6) is 0 Å². The lowest BCUT2D eigenvalue weighted by molar-refractivity contribution is -0.144. The molecular weight excluding hydrogens is 228 g/mol. The standard InChI is InChI=1S/C14H20N2O2/c1-11-9-13(14(17)18)5-8-16(11)7-4-12-3-2-6-15-10-12/h2-3,6,10-11,13H,4-5,7-9H2,1H3,(H,17,18). The van der Waals surface area contributed by atoms with Crippen molar-refractivity contribution in [3.8, 4) is 0 Å². The molecule has 0 saturated carbocycles. The summed E-state index contributed by atoms with van der Waals surface area (Å²) in [6.07, 6.45) is 6.20. The van der Waals surface area contributed by atoms with E-state index in [0.29, 0.717) is 6.04 Å². The minimum atomic E-state index is -0.645. The molecule has 2 heterocycles. The van der Waals surface area contributed by atoms with Gasteiger partial charge in [0.25, 0.3) is 0 Å². The molecule has 0 aliphatic carbocycles. The molecule has 98 valence electrons. The summed E-state index contributed by atoms with van der Waals surface area (Å²) in [4.78, 5) is 17.4. The molecule has 1 fully saturated rings. The Bertz CT molecular complexity index is 394. The van der Waals surface area contributed by atoms with Gasteiger partial charge in [-0.2, -0.15) is 0 Å². The van der Waals surface area contributed by atoms with Crippen LogP contribution in [0.2, 0.25) is 0 Å². The Morgan fingerprint density at radius 2 is 2.44 bits per heavy atom. The number of aliphatic carboxylic acids is 1. The minimum absolute atomic E-state index is 0.158. The first-order valence-electron chi connectivity index (χ1n) is 6.52. The molecule has 0 bridgehead atoms. The van der Waals surface area contributed by atoms with Gasteiger partial charge in [-0.1, -0.05) is 6.07 Å². The number of rotatable bonds is 4. The summed E-state index contributed by atoms with van der Waals surface area (Å²) in [6, 6.07) is 4.40. The molecule has 2 atom stereocenters. The van der Waals surface area contributed by atoms with Crippen molar-refractivity contribution < 1.29 is 9.90 Å². The summed E-state index contributed by atoms with van der Waals surface area (Å²) in [7, 11) is 0. The Hall–Kier alpha value is -1.42. The summed E-state index contributed by atoms with van der Waals surface area (Å²) in [5, 5.41) is 9.02. The summed E-state index contributed by atoms with van der Waals surface area (Å²) in [5.74, 6) is -0.802. The zero-order chi connectivity index (χ0) is 13.0. The summed E-state index contributed by atoms with van der Waals surface area (Å²) >= 11 is 0. The first-order chi connectivity index (χ1) is 8.66. The molecule has 1 N–H and O–H groups in total. The predicted octanol–water partition coefficient (Wildman–Crippen LogP) is 1.81. The van der Waals surface area contributed by atoms with Crippen LogP contribution in [0.1, 0.15) is 25.3 Å². The van der Waals surface area contributed by atoms with E-state index >= 15 is 0 Å². The lowest BCUT2D eigenvalue weighted by Gasteiger charge is -2.36. The highest BCUT2D eigenvalue weighted by molar-refractivity contribution is 5.70. The summed E-state index contributed by atoms with van der Waals surface area (Å²) in [6.45, 7) is 4.00. The number of hydrogen-bond acceptors (Lipinski definition) is 3. The largest absolute Gasteiger partial charge is 0.481 e. The number of aromatic nitrogens is 1. The fraction of sp³-hybridized carbons (Fsp3) is 0.571. The van der Waals surface area contributed by atoms with Gasteiger partial charge in [-0.15, -0.1) is 0 Å². The van der Waals surface area contributed by atoms with Gasteiger partial charge in [0.15, 0.2) is 0 Å². The fourth-order valence-corrected chi connectivity index (χ4v) is 2.60. The van der Waals surface area contributed by atoms with Crippen molar-refractivity contribution >= 4 is 5.97 Å². The maximum absolute atomic E-state index is 11.0. The van der Waals surface area contributed by atoms with E-state index in [1.54, 1.807) is 6.20 Å². The van der Waals surface area contributed by atoms with Crippen LogP contribution in [0.25, 0.3) is 0 Å². The van der Waals surface area contributed by atoms with Gasteiger partial charge in [0.1, 0.15) is 0 Å². The second kappa shape index (κ2) is 5.96. The maximum Gasteiger partial charge on any atom is 0.306 e. The van der Waals surface area contributed by atoms with E-state index in [0.717, 1.165) is 32.4 Å². The maximum atomic E-state index is 11.0. The van der Waals surface area contributed by atoms with E-state index in [1.165, 1.54) is 5.56 Å². The van der Waals surface area contributed by atoms with Crippen molar-refractivity contribution in [2.75, 3.05) is 13.1 Å². The highest BCUT2D eigenvalue weighted by atomic mass is 16.4. The SMILES string of the molecule is CC1CC(C(=O)O)CCN1CCc1cccnc1. The zero-order valence-electron chi connectivity index (χ0n) is 10.7. The van der Waals surface area contributed by atoms with Crippen molar-refractivity contribution in [3.63, 3.8) is 0 Å². The smallest absolute Gasteiger partial charge is 0.306 e. The van der Waals surface area contributed by atoms with Gasteiger partial charge >= 0.3 is 5.97 Å². The van der Waals surface area contributed by atoms with Gasteiger partial charge in [0.05, 0.1) is 5.92 Å². The third-order valence-electron chi connectivity index (χ3n) is 3.77. The van der Waals surface area contributed by atoms with E-state index in [1.807, 2.05) is 12.3 Å². The Morgan fingerprint density at radius 3 is 3.06 bits per heavy atom. The van der Waals surface area contributed by atoms with E-state index in [2.05, 4.69) is 22.9 Å². The zero-order valence-corrected chi connectivity index (χ0v) is 10.7. The second-order valence-corrected chi connectivity index (χ2v) is 5.06. The molecule has 2 unspecified atom stereocenters. The molecule has 4 nitrogen and oxygen atoms in total. The van der Waals surface area contributed by atoms with Gasteiger partial charge in [-0.3, -0.25) is 9.78 Å². The van der Waals surface area contributed by atoms with Gasteiger partial charge in [0.2, 0.25) is 0 Å². The molecular formula is C14H20N2O2. The molecule has 0 amide bonds. The molecule has 1 saturated heterocycles. The lowest BCUT2D eigenvalue weighted by atomic mass is 9.91. The number of carbonyl (C=O) groups is 1. The Morgan fingerprint density at radius 1 is 1.61 bits per heavy atom. The van der Waals surface area contributed by atoms with Crippen LogP contribution in [-0.4, -0.2) is 40.1 Å². The third kappa shape index (κ3) is 3.29. The predicted molar refractivity (Wildman–Crippen MR) is 69.3 cm³/mol. The van der Waals surface area contributed by atoms with E-state index < -0.39 is 5.97 Å². The van der Waals surface area contributed by atoms with Crippen molar-refractivity contribution in [2.45, 2.75) is 32.2 Å². The molecule has 2 rings (SSSR count). The second-order valence-electron chi connectivity index (χ2n) is 5.06. The fourth-order valence-electron chi connectivity index (χ4n) is 2.60. The van der Waals surface area contributed by atoms with Crippen LogP contribution in [-0.2, 0) is 11.2 Å². The number of hydrogen-bond donors (Lipinski definition) is 1. The van der Waals surface area contributed by atoms with Crippen molar-refractivity contribution in [1.82, 2.24) is 9.88 Å². The Kier molecular flexibility index (Phi) is 4.31. The van der Waals surface area contributed by atoms with Crippen LogP contribution in [0.3, 0.4) is 0 Å².